The van der Waals surface area contributed by atoms with Gasteiger partial charge in [-0.3, -0.25) is 0 Å². The quantitative estimate of drug-likeness (QED) is 0.835. The van der Waals surface area contributed by atoms with Gasteiger partial charge in [-0.2, -0.15) is 8.42 Å². The molecule has 0 spiro atoms. The van der Waals surface area contributed by atoms with Gasteiger partial charge in [-0.25, -0.2) is 14.7 Å². The zero-order chi connectivity index (χ0) is 14.6. The van der Waals surface area contributed by atoms with Gasteiger partial charge in [0.05, 0.1) is 6.54 Å². The SMILES string of the molecule is CC(C)NCc1ccc(S(=O)(=O)Nc2ncccn2)o1. The first-order valence-corrected chi connectivity index (χ1v) is 7.57. The summed E-state index contributed by atoms with van der Waals surface area (Å²) < 4.78 is 31.6. The van der Waals surface area contributed by atoms with Crippen molar-refractivity contribution in [1.29, 1.82) is 0 Å². The van der Waals surface area contributed by atoms with E-state index < -0.39 is 10.0 Å². The van der Waals surface area contributed by atoms with E-state index in [-0.39, 0.29) is 17.1 Å². The van der Waals surface area contributed by atoms with Gasteiger partial charge in [0, 0.05) is 18.4 Å². The van der Waals surface area contributed by atoms with Crippen LogP contribution in [0, 0.1) is 0 Å². The van der Waals surface area contributed by atoms with Crippen LogP contribution in [0.4, 0.5) is 5.95 Å². The number of hydrogen-bond donors (Lipinski definition) is 2. The van der Waals surface area contributed by atoms with Gasteiger partial charge in [-0.05, 0) is 18.2 Å². The van der Waals surface area contributed by atoms with E-state index in [1.807, 2.05) is 13.8 Å². The van der Waals surface area contributed by atoms with Crippen LogP contribution in [-0.4, -0.2) is 24.4 Å². The van der Waals surface area contributed by atoms with Crippen molar-refractivity contribution in [2.24, 2.45) is 0 Å². The molecular formula is C12H16N4O3S. The zero-order valence-electron chi connectivity index (χ0n) is 11.2. The summed E-state index contributed by atoms with van der Waals surface area (Å²) in [6.45, 7) is 4.46. The molecule has 7 nitrogen and oxygen atoms in total. The highest BCUT2D eigenvalue weighted by molar-refractivity contribution is 7.92. The second-order valence-corrected chi connectivity index (χ2v) is 6.05. The van der Waals surface area contributed by atoms with Crippen LogP contribution in [0.15, 0.2) is 40.1 Å². The first kappa shape index (κ1) is 14.5. The Balaban J connectivity index is 2.10. The molecule has 2 rings (SSSR count). The molecule has 2 N–H and O–H groups in total. The fourth-order valence-corrected chi connectivity index (χ4v) is 2.33. The summed E-state index contributed by atoms with van der Waals surface area (Å²) in [5.41, 5.74) is 0. The van der Waals surface area contributed by atoms with Crippen molar-refractivity contribution < 1.29 is 12.8 Å². The average Bonchev–Trinajstić information content (AvgIpc) is 2.86. The Morgan fingerprint density at radius 1 is 1.25 bits per heavy atom. The Hall–Kier alpha value is -1.93. The number of anilines is 1. The molecule has 0 aliphatic heterocycles. The topological polar surface area (TPSA) is 97.1 Å². The van der Waals surface area contributed by atoms with Crippen LogP contribution in [0.3, 0.4) is 0 Å². The molecule has 2 aromatic heterocycles. The monoisotopic (exact) mass is 296 g/mol. The van der Waals surface area contributed by atoms with E-state index in [1.165, 1.54) is 18.5 Å². The predicted molar refractivity (Wildman–Crippen MR) is 73.5 cm³/mol. The fourth-order valence-electron chi connectivity index (χ4n) is 1.42. The molecule has 0 amide bonds. The molecule has 108 valence electrons. The third-order valence-corrected chi connectivity index (χ3v) is 3.58. The van der Waals surface area contributed by atoms with E-state index in [0.717, 1.165) is 0 Å². The molecule has 0 aliphatic rings. The molecule has 2 heterocycles. The maximum Gasteiger partial charge on any atom is 0.297 e. The number of aromatic nitrogens is 2. The fraction of sp³-hybridized carbons (Fsp3) is 0.333. The van der Waals surface area contributed by atoms with Gasteiger partial charge >= 0.3 is 0 Å². The van der Waals surface area contributed by atoms with Crippen LogP contribution in [0.1, 0.15) is 19.6 Å². The highest BCUT2D eigenvalue weighted by atomic mass is 32.2. The summed E-state index contributed by atoms with van der Waals surface area (Å²) in [7, 11) is -3.80. The minimum atomic E-state index is -3.80. The maximum atomic E-state index is 12.0. The lowest BCUT2D eigenvalue weighted by molar-refractivity contribution is 0.396. The Kier molecular flexibility index (Phi) is 4.35. The summed E-state index contributed by atoms with van der Waals surface area (Å²) in [4.78, 5) is 7.60. The normalized spacial score (nSPS) is 11.8. The number of sulfonamides is 1. The maximum absolute atomic E-state index is 12.0. The number of rotatable bonds is 6. The minimum Gasteiger partial charge on any atom is -0.446 e. The molecule has 20 heavy (non-hydrogen) atoms. The van der Waals surface area contributed by atoms with Crippen LogP contribution in [0.25, 0.3) is 0 Å². The number of furan rings is 1. The molecule has 0 unspecified atom stereocenters. The summed E-state index contributed by atoms with van der Waals surface area (Å²) in [5.74, 6) is 0.554. The van der Waals surface area contributed by atoms with Crippen molar-refractivity contribution in [3.8, 4) is 0 Å². The predicted octanol–water partition coefficient (Wildman–Crippen LogP) is 1.37. The van der Waals surface area contributed by atoms with Crippen LogP contribution in [-0.2, 0) is 16.6 Å². The van der Waals surface area contributed by atoms with Gasteiger partial charge in [-0.1, -0.05) is 13.8 Å². The van der Waals surface area contributed by atoms with E-state index in [2.05, 4.69) is 20.0 Å². The highest BCUT2D eigenvalue weighted by Gasteiger charge is 2.20. The lowest BCUT2D eigenvalue weighted by Crippen LogP contribution is -2.21. The third-order valence-electron chi connectivity index (χ3n) is 2.38. The number of hydrogen-bond acceptors (Lipinski definition) is 6. The van der Waals surface area contributed by atoms with Gasteiger partial charge in [0.15, 0.2) is 0 Å². The summed E-state index contributed by atoms with van der Waals surface area (Å²) >= 11 is 0. The Labute approximate surface area is 117 Å². The van der Waals surface area contributed by atoms with Gasteiger partial charge in [-0.15, -0.1) is 0 Å². The van der Waals surface area contributed by atoms with Gasteiger partial charge < -0.3 is 9.73 Å². The molecule has 2 aromatic rings. The molecule has 0 fully saturated rings. The van der Waals surface area contributed by atoms with Crippen molar-refractivity contribution in [3.63, 3.8) is 0 Å². The van der Waals surface area contributed by atoms with E-state index in [1.54, 1.807) is 12.1 Å². The molecule has 0 atom stereocenters. The molecule has 0 saturated heterocycles. The molecule has 8 heteroatoms. The van der Waals surface area contributed by atoms with Crippen molar-refractivity contribution >= 4 is 16.0 Å². The van der Waals surface area contributed by atoms with Crippen molar-refractivity contribution in [1.82, 2.24) is 15.3 Å². The summed E-state index contributed by atoms with van der Waals surface area (Å²) in [6, 6.07) is 4.91. The first-order chi connectivity index (χ1) is 9.47. The Morgan fingerprint density at radius 2 is 1.95 bits per heavy atom. The molecule has 0 radical (unpaired) electrons. The highest BCUT2D eigenvalue weighted by Crippen LogP contribution is 2.16. The van der Waals surface area contributed by atoms with E-state index in [0.29, 0.717) is 12.3 Å². The summed E-state index contributed by atoms with van der Waals surface area (Å²) in [6.07, 6.45) is 2.90. The molecule has 0 bridgehead atoms. The lowest BCUT2D eigenvalue weighted by atomic mass is 10.3. The molecule has 0 saturated carbocycles. The number of nitrogens with one attached hydrogen (secondary N) is 2. The Bertz CT molecular complexity index is 652. The molecule has 0 aromatic carbocycles. The standard InChI is InChI=1S/C12H16N4O3S/c1-9(2)15-8-10-4-5-11(19-10)20(17,18)16-12-13-6-3-7-14-12/h3-7,9,15H,8H2,1-2H3,(H,13,14,16). The van der Waals surface area contributed by atoms with Crippen LogP contribution in [0.5, 0.6) is 0 Å². The minimum absolute atomic E-state index is 0.00533. The summed E-state index contributed by atoms with van der Waals surface area (Å²) in [5, 5.41) is 2.98. The van der Waals surface area contributed by atoms with Crippen LogP contribution in [0.2, 0.25) is 0 Å². The van der Waals surface area contributed by atoms with Gasteiger partial charge in [0.1, 0.15) is 5.76 Å². The van der Waals surface area contributed by atoms with E-state index >= 15 is 0 Å². The second-order valence-electron chi connectivity index (χ2n) is 4.43. The van der Waals surface area contributed by atoms with Crippen molar-refractivity contribution in [2.75, 3.05) is 4.72 Å². The van der Waals surface area contributed by atoms with E-state index in [4.69, 9.17) is 4.42 Å². The smallest absolute Gasteiger partial charge is 0.297 e. The van der Waals surface area contributed by atoms with Crippen molar-refractivity contribution in [3.05, 3.63) is 36.4 Å². The van der Waals surface area contributed by atoms with E-state index in [9.17, 15) is 8.42 Å². The third kappa shape index (κ3) is 3.78. The molecule has 0 aliphatic carbocycles. The van der Waals surface area contributed by atoms with Crippen LogP contribution >= 0.6 is 0 Å². The first-order valence-electron chi connectivity index (χ1n) is 6.09. The van der Waals surface area contributed by atoms with Gasteiger partial charge in [0.25, 0.3) is 10.0 Å². The number of nitrogens with zero attached hydrogens (tertiary/aromatic N) is 2. The Morgan fingerprint density at radius 3 is 2.60 bits per heavy atom. The van der Waals surface area contributed by atoms with Crippen molar-refractivity contribution in [2.45, 2.75) is 31.5 Å². The molecular weight excluding hydrogens is 280 g/mol. The largest absolute Gasteiger partial charge is 0.446 e. The van der Waals surface area contributed by atoms with Gasteiger partial charge in [0.2, 0.25) is 11.0 Å². The zero-order valence-corrected chi connectivity index (χ0v) is 12.0. The van der Waals surface area contributed by atoms with Crippen LogP contribution < -0.4 is 10.0 Å². The lowest BCUT2D eigenvalue weighted by Gasteiger charge is -2.05. The second kappa shape index (κ2) is 6.02. The average molecular weight is 296 g/mol.